The molecule has 20 heavy (non-hydrogen) atoms. The van der Waals surface area contributed by atoms with Gasteiger partial charge in [-0.25, -0.2) is 4.98 Å². The van der Waals surface area contributed by atoms with Gasteiger partial charge in [0.05, 0.1) is 6.04 Å². The Balaban J connectivity index is 1.83. The van der Waals surface area contributed by atoms with Crippen LogP contribution in [0.25, 0.3) is 0 Å². The molecule has 1 aliphatic carbocycles. The molecule has 1 aromatic carbocycles. The number of nitrogens with one attached hydrogen (secondary N) is 1. The zero-order valence-electron chi connectivity index (χ0n) is 12.3. The van der Waals surface area contributed by atoms with Crippen LogP contribution >= 0.6 is 0 Å². The van der Waals surface area contributed by atoms with Crippen molar-refractivity contribution in [2.45, 2.75) is 38.8 Å². The number of aryl methyl sites for hydroxylation is 1. The maximum atomic E-state index is 4.61. The molecule has 0 saturated carbocycles. The third kappa shape index (κ3) is 2.38. The minimum absolute atomic E-state index is 0.337. The number of aromatic nitrogens is 2. The molecule has 3 rings (SSSR count). The highest BCUT2D eigenvalue weighted by Gasteiger charge is 2.30. The van der Waals surface area contributed by atoms with Gasteiger partial charge in [-0.2, -0.15) is 0 Å². The van der Waals surface area contributed by atoms with E-state index in [1.54, 1.807) is 0 Å². The lowest BCUT2D eigenvalue weighted by Gasteiger charge is -2.23. The Morgan fingerprint density at radius 3 is 2.60 bits per heavy atom. The zero-order valence-corrected chi connectivity index (χ0v) is 12.3. The Kier molecular flexibility index (Phi) is 3.88. The van der Waals surface area contributed by atoms with Gasteiger partial charge in [0.25, 0.3) is 0 Å². The van der Waals surface area contributed by atoms with Crippen molar-refractivity contribution in [2.24, 2.45) is 5.92 Å². The second kappa shape index (κ2) is 5.80. The van der Waals surface area contributed by atoms with Gasteiger partial charge in [-0.3, -0.25) is 0 Å². The summed E-state index contributed by atoms with van der Waals surface area (Å²) < 4.78 is 2.30. The van der Waals surface area contributed by atoms with Crippen molar-refractivity contribution in [1.29, 1.82) is 0 Å². The Bertz CT molecular complexity index is 548. The normalized spacial score (nSPS) is 16.3. The maximum Gasteiger partial charge on any atom is 0.126 e. The van der Waals surface area contributed by atoms with E-state index in [9.17, 15) is 0 Å². The van der Waals surface area contributed by atoms with E-state index in [1.165, 1.54) is 17.0 Å². The van der Waals surface area contributed by atoms with Crippen molar-refractivity contribution >= 4 is 0 Å². The minimum atomic E-state index is 0.337. The molecular weight excluding hydrogens is 246 g/mol. The van der Waals surface area contributed by atoms with Crippen LogP contribution in [0.4, 0.5) is 0 Å². The first-order valence-corrected chi connectivity index (χ1v) is 7.58. The van der Waals surface area contributed by atoms with Crippen LogP contribution in [0.2, 0.25) is 0 Å². The van der Waals surface area contributed by atoms with Gasteiger partial charge < -0.3 is 9.88 Å². The molecule has 0 fully saturated rings. The van der Waals surface area contributed by atoms with Gasteiger partial charge in [0.15, 0.2) is 0 Å². The average molecular weight is 269 g/mol. The first kappa shape index (κ1) is 13.4. The van der Waals surface area contributed by atoms with Gasteiger partial charge in [0, 0.05) is 18.9 Å². The molecule has 1 atom stereocenters. The van der Waals surface area contributed by atoms with Crippen molar-refractivity contribution in [3.8, 4) is 0 Å². The molecule has 1 aliphatic rings. The van der Waals surface area contributed by atoms with E-state index in [4.69, 9.17) is 0 Å². The van der Waals surface area contributed by atoms with Crippen LogP contribution in [0.5, 0.6) is 0 Å². The number of hydrogen-bond acceptors (Lipinski definition) is 2. The molecule has 1 aromatic heterocycles. The lowest BCUT2D eigenvalue weighted by atomic mass is 9.96. The summed E-state index contributed by atoms with van der Waals surface area (Å²) in [6.45, 7) is 3.26. The van der Waals surface area contributed by atoms with E-state index >= 15 is 0 Å². The second-order valence-electron chi connectivity index (χ2n) is 5.68. The van der Waals surface area contributed by atoms with Crippen LogP contribution in [-0.2, 0) is 19.4 Å². The molecule has 1 heterocycles. The lowest BCUT2D eigenvalue weighted by Crippen LogP contribution is -2.28. The van der Waals surface area contributed by atoms with Crippen LogP contribution in [0.15, 0.2) is 36.7 Å². The smallest absolute Gasteiger partial charge is 0.126 e. The van der Waals surface area contributed by atoms with E-state index in [1.807, 2.05) is 6.20 Å². The second-order valence-corrected chi connectivity index (χ2v) is 5.68. The van der Waals surface area contributed by atoms with Crippen LogP contribution in [0.1, 0.15) is 36.3 Å². The molecule has 0 aliphatic heterocycles. The predicted octanol–water partition coefficient (Wildman–Crippen LogP) is 2.97. The standard InChI is InChI=1S/C17H23N3/c1-3-9-20-10-8-19-17(20)16(18-2)15-11-13-6-4-5-7-14(13)12-15/h4-8,10,15-16,18H,3,9,11-12H2,1-2H3. The van der Waals surface area contributed by atoms with Gasteiger partial charge in [-0.15, -0.1) is 0 Å². The number of hydrogen-bond donors (Lipinski definition) is 1. The summed E-state index contributed by atoms with van der Waals surface area (Å²) in [4.78, 5) is 4.61. The number of imidazole rings is 1. The van der Waals surface area contributed by atoms with Gasteiger partial charge >= 0.3 is 0 Å². The summed E-state index contributed by atoms with van der Waals surface area (Å²) in [5, 5.41) is 3.50. The van der Waals surface area contributed by atoms with Crippen LogP contribution in [0.3, 0.4) is 0 Å². The molecule has 106 valence electrons. The molecule has 3 heteroatoms. The van der Waals surface area contributed by atoms with Crippen molar-refractivity contribution in [3.05, 3.63) is 53.6 Å². The summed E-state index contributed by atoms with van der Waals surface area (Å²) in [5.74, 6) is 1.79. The molecular formula is C17H23N3. The molecule has 0 saturated heterocycles. The monoisotopic (exact) mass is 269 g/mol. The van der Waals surface area contributed by atoms with Crippen LogP contribution < -0.4 is 5.32 Å². The van der Waals surface area contributed by atoms with Gasteiger partial charge in [0.2, 0.25) is 0 Å². The fraction of sp³-hybridized carbons (Fsp3) is 0.471. The van der Waals surface area contributed by atoms with Gasteiger partial charge in [0.1, 0.15) is 5.82 Å². The van der Waals surface area contributed by atoms with E-state index < -0.39 is 0 Å². The fourth-order valence-corrected chi connectivity index (χ4v) is 3.43. The van der Waals surface area contributed by atoms with Gasteiger partial charge in [-0.05, 0) is 43.4 Å². The Labute approximate surface area is 121 Å². The Morgan fingerprint density at radius 2 is 2.00 bits per heavy atom. The summed E-state index contributed by atoms with van der Waals surface area (Å²) in [7, 11) is 2.05. The SMILES string of the molecule is CCCn1ccnc1C(NC)C1Cc2ccccc2C1. The quantitative estimate of drug-likeness (QED) is 0.904. The molecule has 2 aromatic rings. The summed E-state index contributed by atoms with van der Waals surface area (Å²) in [6, 6.07) is 9.16. The molecule has 0 spiro atoms. The highest BCUT2D eigenvalue weighted by atomic mass is 15.1. The molecule has 1 N–H and O–H groups in total. The summed E-state index contributed by atoms with van der Waals surface area (Å²) in [6.07, 6.45) is 7.48. The maximum absolute atomic E-state index is 4.61. The van der Waals surface area contributed by atoms with Gasteiger partial charge in [-0.1, -0.05) is 31.2 Å². The Morgan fingerprint density at radius 1 is 1.30 bits per heavy atom. The third-order valence-corrected chi connectivity index (χ3v) is 4.36. The molecule has 3 nitrogen and oxygen atoms in total. The van der Waals surface area contributed by atoms with Crippen molar-refractivity contribution in [3.63, 3.8) is 0 Å². The topological polar surface area (TPSA) is 29.9 Å². The van der Waals surface area contributed by atoms with E-state index in [-0.39, 0.29) is 0 Å². The third-order valence-electron chi connectivity index (χ3n) is 4.36. The first-order valence-electron chi connectivity index (χ1n) is 7.58. The first-order chi connectivity index (χ1) is 9.83. The number of fused-ring (bicyclic) bond motifs is 1. The van der Waals surface area contributed by atoms with Crippen molar-refractivity contribution in [2.75, 3.05) is 7.05 Å². The van der Waals surface area contributed by atoms with Crippen LogP contribution in [-0.4, -0.2) is 16.6 Å². The van der Waals surface area contributed by atoms with E-state index in [2.05, 4.69) is 59.3 Å². The molecule has 1 unspecified atom stereocenters. The van der Waals surface area contributed by atoms with Crippen molar-refractivity contribution < 1.29 is 0 Å². The predicted molar refractivity (Wildman–Crippen MR) is 81.7 cm³/mol. The molecule has 0 radical (unpaired) electrons. The molecule has 0 amide bonds. The number of rotatable bonds is 5. The highest BCUT2D eigenvalue weighted by molar-refractivity contribution is 5.33. The number of nitrogens with zero attached hydrogens (tertiary/aromatic N) is 2. The summed E-state index contributed by atoms with van der Waals surface area (Å²) in [5.41, 5.74) is 3.01. The summed E-state index contributed by atoms with van der Waals surface area (Å²) >= 11 is 0. The van der Waals surface area contributed by atoms with Crippen molar-refractivity contribution in [1.82, 2.24) is 14.9 Å². The highest BCUT2D eigenvalue weighted by Crippen LogP contribution is 2.34. The largest absolute Gasteiger partial charge is 0.334 e. The zero-order chi connectivity index (χ0) is 13.9. The Hall–Kier alpha value is -1.61. The van der Waals surface area contributed by atoms with Crippen LogP contribution in [0, 0.1) is 5.92 Å². The molecule has 0 bridgehead atoms. The fourth-order valence-electron chi connectivity index (χ4n) is 3.43. The minimum Gasteiger partial charge on any atom is -0.334 e. The van der Waals surface area contributed by atoms with E-state index in [0.29, 0.717) is 12.0 Å². The average Bonchev–Trinajstić information content (AvgIpc) is 3.07. The lowest BCUT2D eigenvalue weighted by molar-refractivity contribution is 0.367. The van der Waals surface area contributed by atoms with E-state index in [0.717, 1.165) is 25.8 Å². The number of benzene rings is 1.